The number of rotatable bonds is 7. The van der Waals surface area contributed by atoms with Gasteiger partial charge >= 0.3 is 0 Å². The van der Waals surface area contributed by atoms with Gasteiger partial charge in [0.05, 0.1) is 0 Å². The molecule has 0 aliphatic carbocycles. The van der Waals surface area contributed by atoms with Crippen molar-refractivity contribution >= 4 is 0 Å². The molecule has 110 valence electrons. The van der Waals surface area contributed by atoms with E-state index in [1.54, 1.807) is 0 Å². The fourth-order valence-electron chi connectivity index (χ4n) is 2.37. The van der Waals surface area contributed by atoms with Crippen molar-refractivity contribution in [3.05, 3.63) is 23.7 Å². The first kappa shape index (κ1) is 16.3. The molecular weight excluding hydrogens is 236 g/mol. The minimum atomic E-state index is 0.0834. The molecule has 19 heavy (non-hydrogen) atoms. The molecule has 0 radical (unpaired) electrons. The SMILES string of the molecule is Cc1ccc(C(C)(C)C[C@H](C)N(C)CCN(C)C)o1. The maximum atomic E-state index is 5.80. The zero-order valence-corrected chi connectivity index (χ0v) is 13.7. The lowest BCUT2D eigenvalue weighted by molar-refractivity contribution is 0.188. The lowest BCUT2D eigenvalue weighted by atomic mass is 9.83. The van der Waals surface area contributed by atoms with E-state index in [-0.39, 0.29) is 5.41 Å². The summed E-state index contributed by atoms with van der Waals surface area (Å²) in [4.78, 5) is 4.65. The van der Waals surface area contributed by atoms with Crippen molar-refractivity contribution in [2.24, 2.45) is 0 Å². The second-order valence-corrected chi connectivity index (χ2v) is 6.63. The molecule has 0 N–H and O–H groups in total. The number of nitrogens with zero attached hydrogens (tertiary/aromatic N) is 2. The lowest BCUT2D eigenvalue weighted by Gasteiger charge is -2.32. The summed E-state index contributed by atoms with van der Waals surface area (Å²) in [5.74, 6) is 2.09. The van der Waals surface area contributed by atoms with Crippen LogP contribution in [0.5, 0.6) is 0 Å². The Kier molecular flexibility index (Phi) is 5.63. The Morgan fingerprint density at radius 1 is 1.16 bits per heavy atom. The number of aryl methyl sites for hydroxylation is 1. The molecule has 0 spiro atoms. The number of furan rings is 1. The topological polar surface area (TPSA) is 19.6 Å². The molecule has 0 aliphatic heterocycles. The van der Waals surface area contributed by atoms with Gasteiger partial charge in [-0.15, -0.1) is 0 Å². The summed E-state index contributed by atoms with van der Waals surface area (Å²) in [6, 6.07) is 4.71. The molecule has 0 aromatic carbocycles. The molecule has 1 aromatic rings. The molecule has 0 amide bonds. The number of hydrogen-bond acceptors (Lipinski definition) is 3. The Labute approximate surface area is 118 Å². The van der Waals surface area contributed by atoms with Gasteiger partial charge in [-0.25, -0.2) is 0 Å². The second kappa shape index (κ2) is 6.58. The van der Waals surface area contributed by atoms with Gasteiger partial charge in [0, 0.05) is 24.5 Å². The van der Waals surface area contributed by atoms with Crippen molar-refractivity contribution < 1.29 is 4.42 Å². The molecule has 3 nitrogen and oxygen atoms in total. The first-order chi connectivity index (χ1) is 8.72. The zero-order chi connectivity index (χ0) is 14.6. The van der Waals surface area contributed by atoms with E-state index in [9.17, 15) is 0 Å². The highest BCUT2D eigenvalue weighted by Crippen LogP contribution is 2.30. The fraction of sp³-hybridized carbons (Fsp3) is 0.750. The predicted octanol–water partition coefficient (Wildman–Crippen LogP) is 3.14. The van der Waals surface area contributed by atoms with Gasteiger partial charge in [0.1, 0.15) is 11.5 Å². The van der Waals surface area contributed by atoms with Crippen molar-refractivity contribution in [3.8, 4) is 0 Å². The minimum absolute atomic E-state index is 0.0834. The first-order valence-electron chi connectivity index (χ1n) is 7.14. The monoisotopic (exact) mass is 266 g/mol. The van der Waals surface area contributed by atoms with Gasteiger partial charge in [0.2, 0.25) is 0 Å². The molecule has 1 rings (SSSR count). The van der Waals surface area contributed by atoms with Crippen LogP contribution in [0.15, 0.2) is 16.5 Å². The normalized spacial score (nSPS) is 14.4. The molecule has 1 atom stereocenters. The number of hydrogen-bond donors (Lipinski definition) is 0. The largest absolute Gasteiger partial charge is 0.466 e. The van der Waals surface area contributed by atoms with Crippen LogP contribution in [0, 0.1) is 6.92 Å². The van der Waals surface area contributed by atoms with Crippen molar-refractivity contribution in [1.82, 2.24) is 9.80 Å². The standard InChI is InChI=1S/C16H30N2O/c1-13(18(7)11-10-17(5)6)12-16(3,4)15-9-8-14(2)19-15/h8-9,13H,10-12H2,1-7H3/t13-/m0/s1. The van der Waals surface area contributed by atoms with E-state index >= 15 is 0 Å². The van der Waals surface area contributed by atoms with Crippen LogP contribution in [0.1, 0.15) is 38.7 Å². The van der Waals surface area contributed by atoms with E-state index < -0.39 is 0 Å². The molecular formula is C16H30N2O. The van der Waals surface area contributed by atoms with Gasteiger partial charge in [0.25, 0.3) is 0 Å². The van der Waals surface area contributed by atoms with Gasteiger partial charge in [-0.05, 0) is 53.5 Å². The van der Waals surface area contributed by atoms with Crippen LogP contribution in [0.4, 0.5) is 0 Å². The van der Waals surface area contributed by atoms with Crippen molar-refractivity contribution in [1.29, 1.82) is 0 Å². The predicted molar refractivity (Wildman–Crippen MR) is 81.7 cm³/mol. The molecule has 0 fully saturated rings. The summed E-state index contributed by atoms with van der Waals surface area (Å²) in [6.07, 6.45) is 1.10. The van der Waals surface area contributed by atoms with E-state index in [0.717, 1.165) is 31.0 Å². The summed E-state index contributed by atoms with van der Waals surface area (Å²) in [7, 11) is 6.44. The maximum Gasteiger partial charge on any atom is 0.109 e. The van der Waals surface area contributed by atoms with Gasteiger partial charge in [-0.3, -0.25) is 0 Å². The fourth-order valence-corrected chi connectivity index (χ4v) is 2.37. The minimum Gasteiger partial charge on any atom is -0.466 e. The van der Waals surface area contributed by atoms with E-state index in [0.29, 0.717) is 6.04 Å². The van der Waals surface area contributed by atoms with E-state index in [4.69, 9.17) is 4.42 Å². The van der Waals surface area contributed by atoms with Crippen LogP contribution in [0.25, 0.3) is 0 Å². The molecule has 1 heterocycles. The Hall–Kier alpha value is -0.800. The highest BCUT2D eigenvalue weighted by molar-refractivity contribution is 5.15. The summed E-state index contributed by atoms with van der Waals surface area (Å²) in [5.41, 5.74) is 0.0834. The van der Waals surface area contributed by atoms with Gasteiger partial charge in [-0.1, -0.05) is 13.8 Å². The average Bonchev–Trinajstić information content (AvgIpc) is 2.72. The Morgan fingerprint density at radius 2 is 1.79 bits per heavy atom. The van der Waals surface area contributed by atoms with E-state index in [2.05, 4.69) is 63.8 Å². The Morgan fingerprint density at radius 3 is 2.26 bits per heavy atom. The zero-order valence-electron chi connectivity index (χ0n) is 13.7. The van der Waals surface area contributed by atoms with Crippen LogP contribution >= 0.6 is 0 Å². The van der Waals surface area contributed by atoms with E-state index in [1.165, 1.54) is 0 Å². The first-order valence-corrected chi connectivity index (χ1v) is 7.14. The Bertz CT molecular complexity index is 382. The average molecular weight is 266 g/mol. The molecule has 0 saturated carbocycles. The molecule has 0 aliphatic rings. The molecule has 3 heteroatoms. The van der Waals surface area contributed by atoms with Crippen LogP contribution < -0.4 is 0 Å². The summed E-state index contributed by atoms with van der Waals surface area (Å²) in [6.45, 7) is 11.0. The maximum absolute atomic E-state index is 5.80. The van der Waals surface area contributed by atoms with Crippen LogP contribution in [-0.4, -0.2) is 50.1 Å². The molecule has 1 aromatic heterocycles. The van der Waals surface area contributed by atoms with Crippen molar-refractivity contribution in [2.45, 2.75) is 45.6 Å². The van der Waals surface area contributed by atoms with Crippen LogP contribution in [0.3, 0.4) is 0 Å². The lowest BCUT2D eigenvalue weighted by Crippen LogP contribution is -2.38. The van der Waals surface area contributed by atoms with Crippen molar-refractivity contribution in [2.75, 3.05) is 34.2 Å². The third-order valence-electron chi connectivity index (χ3n) is 3.87. The summed E-state index contributed by atoms with van der Waals surface area (Å²) in [5, 5.41) is 0. The quantitative estimate of drug-likeness (QED) is 0.756. The highest BCUT2D eigenvalue weighted by Gasteiger charge is 2.27. The van der Waals surface area contributed by atoms with Gasteiger partial charge in [0.15, 0.2) is 0 Å². The molecule has 0 saturated heterocycles. The highest BCUT2D eigenvalue weighted by atomic mass is 16.3. The summed E-state index contributed by atoms with van der Waals surface area (Å²) >= 11 is 0. The smallest absolute Gasteiger partial charge is 0.109 e. The third-order valence-corrected chi connectivity index (χ3v) is 3.87. The molecule has 0 unspecified atom stereocenters. The second-order valence-electron chi connectivity index (χ2n) is 6.63. The van der Waals surface area contributed by atoms with Crippen LogP contribution in [0.2, 0.25) is 0 Å². The third kappa shape index (κ3) is 5.00. The van der Waals surface area contributed by atoms with E-state index in [1.807, 2.05) is 6.92 Å². The summed E-state index contributed by atoms with van der Waals surface area (Å²) < 4.78 is 5.80. The number of likely N-dealkylation sites (N-methyl/N-ethyl adjacent to an activating group) is 2. The van der Waals surface area contributed by atoms with Crippen molar-refractivity contribution in [3.63, 3.8) is 0 Å². The van der Waals surface area contributed by atoms with Crippen LogP contribution in [-0.2, 0) is 5.41 Å². The molecule has 0 bridgehead atoms. The van der Waals surface area contributed by atoms with Gasteiger partial charge < -0.3 is 14.2 Å². The van der Waals surface area contributed by atoms with Gasteiger partial charge in [-0.2, -0.15) is 0 Å². The Balaban J connectivity index is 2.57.